The number of hydrogen-bond acceptors (Lipinski definition) is 4. The first-order valence-electron chi connectivity index (χ1n) is 7.62. The number of unbranched alkanes of at least 4 members (excludes halogenated alkanes) is 3. The molecule has 0 spiro atoms. The number of carbonyl (C=O) groups excluding carboxylic acids is 2. The fourth-order valence-electron chi connectivity index (χ4n) is 2.44. The van der Waals surface area contributed by atoms with Crippen LogP contribution >= 0.6 is 0 Å². The van der Waals surface area contributed by atoms with E-state index in [1.165, 1.54) is 6.42 Å². The summed E-state index contributed by atoms with van der Waals surface area (Å²) < 4.78 is 10.8. The SMILES string of the molecule is CC#COC1C(=O)c2cccc(OCCCCCC)c2C1=O. The molecule has 4 heteroatoms. The zero-order chi connectivity index (χ0) is 15.9. The first-order valence-corrected chi connectivity index (χ1v) is 7.62. The molecule has 4 nitrogen and oxygen atoms in total. The van der Waals surface area contributed by atoms with Crippen LogP contribution in [0.3, 0.4) is 0 Å². The van der Waals surface area contributed by atoms with E-state index in [1.807, 2.05) is 0 Å². The van der Waals surface area contributed by atoms with Gasteiger partial charge in [-0.1, -0.05) is 44.2 Å². The number of ether oxygens (including phenoxy) is 2. The smallest absolute Gasteiger partial charge is 0.235 e. The fourth-order valence-corrected chi connectivity index (χ4v) is 2.44. The van der Waals surface area contributed by atoms with E-state index in [9.17, 15) is 9.59 Å². The Labute approximate surface area is 130 Å². The number of carbonyl (C=O) groups is 2. The van der Waals surface area contributed by atoms with Crippen molar-refractivity contribution in [2.24, 2.45) is 0 Å². The Hall–Kier alpha value is -2.28. The summed E-state index contributed by atoms with van der Waals surface area (Å²) in [6, 6.07) is 5.07. The van der Waals surface area contributed by atoms with Crippen molar-refractivity contribution in [1.82, 2.24) is 0 Å². The molecule has 0 radical (unpaired) electrons. The summed E-state index contributed by atoms with van der Waals surface area (Å²) in [6.07, 6.45) is 5.53. The van der Waals surface area contributed by atoms with Crippen LogP contribution in [0, 0.1) is 12.0 Å². The summed E-state index contributed by atoms with van der Waals surface area (Å²) in [5.74, 6) is 2.27. The van der Waals surface area contributed by atoms with Crippen molar-refractivity contribution in [1.29, 1.82) is 0 Å². The van der Waals surface area contributed by atoms with Gasteiger partial charge in [0, 0.05) is 12.5 Å². The molecular formula is C18H20O4. The number of fused-ring (bicyclic) bond motifs is 1. The molecule has 1 unspecified atom stereocenters. The van der Waals surface area contributed by atoms with Gasteiger partial charge in [-0.05, 0) is 12.5 Å². The van der Waals surface area contributed by atoms with Gasteiger partial charge in [-0.25, -0.2) is 0 Å². The lowest BCUT2D eigenvalue weighted by molar-refractivity contribution is 0.0658. The highest BCUT2D eigenvalue weighted by molar-refractivity contribution is 6.29. The maximum absolute atomic E-state index is 12.4. The summed E-state index contributed by atoms with van der Waals surface area (Å²) >= 11 is 0. The van der Waals surface area contributed by atoms with Crippen LogP contribution in [0.25, 0.3) is 0 Å². The fraction of sp³-hybridized carbons (Fsp3) is 0.444. The van der Waals surface area contributed by atoms with Crippen molar-refractivity contribution < 1.29 is 19.1 Å². The van der Waals surface area contributed by atoms with Crippen LogP contribution < -0.4 is 4.74 Å². The molecule has 116 valence electrons. The lowest BCUT2D eigenvalue weighted by Gasteiger charge is -2.09. The molecule has 0 amide bonds. The molecule has 0 heterocycles. The van der Waals surface area contributed by atoms with Gasteiger partial charge >= 0.3 is 0 Å². The van der Waals surface area contributed by atoms with E-state index in [0.717, 1.165) is 19.3 Å². The average molecular weight is 300 g/mol. The summed E-state index contributed by atoms with van der Waals surface area (Å²) in [4.78, 5) is 24.6. The molecule has 1 aliphatic rings. The van der Waals surface area contributed by atoms with E-state index in [-0.39, 0.29) is 11.6 Å². The van der Waals surface area contributed by atoms with Gasteiger partial charge in [0.2, 0.25) is 17.7 Å². The molecule has 1 aliphatic carbocycles. The maximum Gasteiger partial charge on any atom is 0.235 e. The van der Waals surface area contributed by atoms with Gasteiger partial charge < -0.3 is 9.47 Å². The van der Waals surface area contributed by atoms with E-state index in [4.69, 9.17) is 9.47 Å². The Morgan fingerprint density at radius 1 is 1.14 bits per heavy atom. The average Bonchev–Trinajstić information content (AvgIpc) is 2.77. The van der Waals surface area contributed by atoms with Gasteiger partial charge in [0.05, 0.1) is 12.2 Å². The molecule has 0 fully saturated rings. The van der Waals surface area contributed by atoms with E-state index in [2.05, 4.69) is 19.0 Å². The molecule has 0 N–H and O–H groups in total. The van der Waals surface area contributed by atoms with Gasteiger partial charge in [-0.3, -0.25) is 9.59 Å². The summed E-state index contributed by atoms with van der Waals surface area (Å²) in [5.41, 5.74) is 0.685. The highest BCUT2D eigenvalue weighted by Crippen LogP contribution is 2.32. The van der Waals surface area contributed by atoms with Crippen molar-refractivity contribution in [3.63, 3.8) is 0 Å². The van der Waals surface area contributed by atoms with Crippen molar-refractivity contribution in [2.75, 3.05) is 6.61 Å². The Morgan fingerprint density at radius 2 is 1.95 bits per heavy atom. The molecule has 0 aromatic heterocycles. The summed E-state index contributed by atoms with van der Waals surface area (Å²) in [6.45, 7) is 4.27. The highest BCUT2D eigenvalue weighted by atomic mass is 16.5. The standard InChI is InChI=1S/C18H20O4/c1-3-5-6-7-12-21-14-10-8-9-13-15(14)17(20)18(16(13)19)22-11-4-2/h8-10,18H,3,5-7,12H2,1-2H3. The predicted molar refractivity (Wildman–Crippen MR) is 83.1 cm³/mol. The molecule has 1 aromatic carbocycles. The molecule has 1 aromatic rings. The summed E-state index contributed by atoms with van der Waals surface area (Å²) in [7, 11) is 0. The van der Waals surface area contributed by atoms with Crippen LogP contribution in [0.2, 0.25) is 0 Å². The van der Waals surface area contributed by atoms with Gasteiger partial charge in [0.15, 0.2) is 0 Å². The van der Waals surface area contributed by atoms with E-state index >= 15 is 0 Å². The number of benzene rings is 1. The number of rotatable bonds is 7. The summed E-state index contributed by atoms with van der Waals surface area (Å²) in [5, 5.41) is 0. The molecule has 22 heavy (non-hydrogen) atoms. The van der Waals surface area contributed by atoms with Crippen LogP contribution in [-0.2, 0) is 4.74 Å². The van der Waals surface area contributed by atoms with E-state index < -0.39 is 6.10 Å². The Balaban J connectivity index is 2.12. The lowest BCUT2D eigenvalue weighted by Crippen LogP contribution is -2.24. The van der Waals surface area contributed by atoms with Gasteiger partial charge in [0.25, 0.3) is 0 Å². The minimum Gasteiger partial charge on any atom is -0.493 e. The van der Waals surface area contributed by atoms with Crippen LogP contribution in [-0.4, -0.2) is 24.3 Å². The lowest BCUT2D eigenvalue weighted by atomic mass is 10.1. The normalized spacial score (nSPS) is 16.0. The highest BCUT2D eigenvalue weighted by Gasteiger charge is 2.42. The zero-order valence-electron chi connectivity index (χ0n) is 13.0. The molecule has 0 bridgehead atoms. The van der Waals surface area contributed by atoms with Crippen LogP contribution in [0.5, 0.6) is 5.75 Å². The Kier molecular flexibility index (Phi) is 5.60. The number of ketones is 2. The van der Waals surface area contributed by atoms with E-state index in [1.54, 1.807) is 25.1 Å². The third kappa shape index (κ3) is 3.30. The van der Waals surface area contributed by atoms with Gasteiger partial charge in [-0.15, -0.1) is 0 Å². The maximum atomic E-state index is 12.4. The van der Waals surface area contributed by atoms with Crippen molar-refractivity contribution in [3.05, 3.63) is 29.3 Å². The quantitative estimate of drug-likeness (QED) is 0.440. The minimum absolute atomic E-state index is 0.325. The third-order valence-corrected chi connectivity index (χ3v) is 3.55. The molecular weight excluding hydrogens is 280 g/mol. The zero-order valence-corrected chi connectivity index (χ0v) is 13.0. The topological polar surface area (TPSA) is 52.6 Å². The van der Waals surface area contributed by atoms with Crippen LogP contribution in [0.1, 0.15) is 60.2 Å². The van der Waals surface area contributed by atoms with Crippen LogP contribution in [0.4, 0.5) is 0 Å². The molecule has 2 rings (SSSR count). The minimum atomic E-state index is -1.16. The monoisotopic (exact) mass is 300 g/mol. The van der Waals surface area contributed by atoms with Crippen LogP contribution in [0.15, 0.2) is 18.2 Å². The Bertz CT molecular complexity index is 622. The second-order valence-electron chi connectivity index (χ2n) is 5.17. The third-order valence-electron chi connectivity index (χ3n) is 3.55. The second kappa shape index (κ2) is 7.65. The molecule has 0 saturated heterocycles. The molecule has 0 aliphatic heterocycles. The molecule has 0 saturated carbocycles. The Morgan fingerprint density at radius 3 is 2.68 bits per heavy atom. The predicted octanol–water partition coefficient (Wildman–Crippen LogP) is 3.39. The first kappa shape index (κ1) is 16.1. The van der Waals surface area contributed by atoms with Gasteiger partial charge in [-0.2, -0.15) is 0 Å². The number of Topliss-reactive ketones (excluding diaryl/α,β-unsaturated/α-hetero) is 2. The number of hydrogen-bond donors (Lipinski definition) is 0. The van der Waals surface area contributed by atoms with Crippen molar-refractivity contribution >= 4 is 11.6 Å². The van der Waals surface area contributed by atoms with Gasteiger partial charge in [0.1, 0.15) is 11.9 Å². The first-order chi connectivity index (χ1) is 10.7. The largest absolute Gasteiger partial charge is 0.493 e. The molecule has 1 atom stereocenters. The van der Waals surface area contributed by atoms with Crippen molar-refractivity contribution in [2.45, 2.75) is 45.6 Å². The second-order valence-corrected chi connectivity index (χ2v) is 5.17. The van der Waals surface area contributed by atoms with Crippen molar-refractivity contribution in [3.8, 4) is 17.8 Å². The van der Waals surface area contributed by atoms with E-state index in [0.29, 0.717) is 23.5 Å².